The summed E-state index contributed by atoms with van der Waals surface area (Å²) in [6.45, 7) is 2.23. The van der Waals surface area contributed by atoms with Crippen LogP contribution in [0.3, 0.4) is 0 Å². The molecule has 1 unspecified atom stereocenters. The lowest BCUT2D eigenvalue weighted by Crippen LogP contribution is -2.19. The van der Waals surface area contributed by atoms with Crippen LogP contribution in [-0.4, -0.2) is 17.1 Å². The van der Waals surface area contributed by atoms with Crippen molar-refractivity contribution in [1.29, 1.82) is 0 Å². The highest BCUT2D eigenvalue weighted by molar-refractivity contribution is 5.66. The van der Waals surface area contributed by atoms with E-state index in [1.54, 1.807) is 0 Å². The quantitative estimate of drug-likeness (QED) is 0.488. The summed E-state index contributed by atoms with van der Waals surface area (Å²) in [5.74, 6) is -0.677. The average molecular weight is 257 g/mol. The Hall–Kier alpha value is -0.570. The molecule has 0 heterocycles. The van der Waals surface area contributed by atoms with E-state index in [2.05, 4.69) is 6.92 Å². The van der Waals surface area contributed by atoms with Crippen molar-refractivity contribution in [3.63, 3.8) is 0 Å². The van der Waals surface area contributed by atoms with Gasteiger partial charge in [-0.25, -0.2) is 0 Å². The van der Waals surface area contributed by atoms with Crippen molar-refractivity contribution in [2.75, 3.05) is 0 Å². The zero-order valence-corrected chi connectivity index (χ0v) is 12.0. The van der Waals surface area contributed by atoms with Crippen LogP contribution in [0.25, 0.3) is 0 Å². The van der Waals surface area contributed by atoms with Crippen molar-refractivity contribution < 1.29 is 9.90 Å². The van der Waals surface area contributed by atoms with Crippen molar-refractivity contribution in [3.8, 4) is 0 Å². The van der Waals surface area contributed by atoms with E-state index in [0.717, 1.165) is 25.7 Å². The summed E-state index contributed by atoms with van der Waals surface area (Å²) in [6, 6.07) is 0.376. The van der Waals surface area contributed by atoms with Crippen LogP contribution in [0.1, 0.15) is 84.0 Å². The molecule has 0 aromatic rings. The molecule has 3 nitrogen and oxygen atoms in total. The highest BCUT2D eigenvalue weighted by Crippen LogP contribution is 2.11. The second kappa shape index (κ2) is 12.9. The number of unbranched alkanes of at least 4 members (excludes halogenated alkanes) is 7. The number of carboxylic acids is 1. The molecule has 3 N–H and O–H groups in total. The minimum Gasteiger partial charge on any atom is -0.481 e. The second-order valence-electron chi connectivity index (χ2n) is 5.31. The Balaban J connectivity index is 3.15. The molecule has 108 valence electrons. The van der Waals surface area contributed by atoms with Crippen molar-refractivity contribution in [2.24, 2.45) is 5.73 Å². The standard InChI is InChI=1S/C15H31NO2/c1-2-3-4-8-11-14(16)12-9-6-5-7-10-13-15(17)18/h14H,2-13,16H2,1H3,(H,17,18). The first-order valence-electron chi connectivity index (χ1n) is 7.64. The molecule has 0 fully saturated rings. The summed E-state index contributed by atoms with van der Waals surface area (Å²) in [6.07, 6.45) is 13.2. The van der Waals surface area contributed by atoms with Crippen LogP contribution in [0.5, 0.6) is 0 Å². The Morgan fingerprint density at radius 2 is 1.44 bits per heavy atom. The van der Waals surface area contributed by atoms with Crippen molar-refractivity contribution in [1.82, 2.24) is 0 Å². The highest BCUT2D eigenvalue weighted by Gasteiger charge is 2.02. The van der Waals surface area contributed by atoms with E-state index in [1.165, 1.54) is 44.9 Å². The zero-order chi connectivity index (χ0) is 13.6. The van der Waals surface area contributed by atoms with E-state index >= 15 is 0 Å². The van der Waals surface area contributed by atoms with Gasteiger partial charge in [0.05, 0.1) is 0 Å². The van der Waals surface area contributed by atoms with Gasteiger partial charge in [-0.05, 0) is 19.3 Å². The molecule has 0 spiro atoms. The Morgan fingerprint density at radius 1 is 0.944 bits per heavy atom. The molecule has 0 amide bonds. The van der Waals surface area contributed by atoms with Crippen molar-refractivity contribution in [2.45, 2.75) is 90.0 Å². The van der Waals surface area contributed by atoms with Crippen LogP contribution in [0, 0.1) is 0 Å². The topological polar surface area (TPSA) is 63.3 Å². The maximum atomic E-state index is 10.3. The first kappa shape index (κ1) is 17.4. The number of hydrogen-bond donors (Lipinski definition) is 2. The fourth-order valence-electron chi connectivity index (χ4n) is 2.19. The molecule has 0 aliphatic rings. The van der Waals surface area contributed by atoms with Gasteiger partial charge in [-0.15, -0.1) is 0 Å². The van der Waals surface area contributed by atoms with E-state index in [0.29, 0.717) is 12.5 Å². The Morgan fingerprint density at radius 3 is 2.00 bits per heavy atom. The van der Waals surface area contributed by atoms with Gasteiger partial charge < -0.3 is 10.8 Å². The van der Waals surface area contributed by atoms with E-state index < -0.39 is 5.97 Å². The molecule has 1 atom stereocenters. The summed E-state index contributed by atoms with van der Waals surface area (Å²) < 4.78 is 0. The normalized spacial score (nSPS) is 12.6. The first-order valence-corrected chi connectivity index (χ1v) is 7.64. The molecule has 0 aliphatic heterocycles. The van der Waals surface area contributed by atoms with E-state index in [-0.39, 0.29) is 0 Å². The van der Waals surface area contributed by atoms with Crippen molar-refractivity contribution >= 4 is 5.97 Å². The predicted octanol–water partition coefficient (Wildman–Crippen LogP) is 4.10. The third-order valence-corrected chi connectivity index (χ3v) is 3.39. The minimum absolute atomic E-state index is 0.316. The van der Waals surface area contributed by atoms with Crippen LogP contribution in [0.4, 0.5) is 0 Å². The summed E-state index contributed by atoms with van der Waals surface area (Å²) in [5, 5.41) is 8.49. The third kappa shape index (κ3) is 13.5. The maximum Gasteiger partial charge on any atom is 0.303 e. The molecule has 0 saturated heterocycles. The fraction of sp³-hybridized carbons (Fsp3) is 0.933. The van der Waals surface area contributed by atoms with Crippen molar-refractivity contribution in [3.05, 3.63) is 0 Å². The number of nitrogens with two attached hydrogens (primary N) is 1. The molecule has 0 bridgehead atoms. The summed E-state index contributed by atoms with van der Waals surface area (Å²) >= 11 is 0. The molecule has 0 rings (SSSR count). The zero-order valence-electron chi connectivity index (χ0n) is 12.0. The average Bonchev–Trinajstić information content (AvgIpc) is 2.33. The molecule has 0 aromatic carbocycles. The lowest BCUT2D eigenvalue weighted by molar-refractivity contribution is -0.137. The Bertz CT molecular complexity index is 195. The largest absolute Gasteiger partial charge is 0.481 e. The summed E-state index contributed by atoms with van der Waals surface area (Å²) in [4.78, 5) is 10.3. The van der Waals surface area contributed by atoms with E-state index in [1.807, 2.05) is 0 Å². The van der Waals surface area contributed by atoms with Gasteiger partial charge in [-0.1, -0.05) is 58.3 Å². The van der Waals surface area contributed by atoms with Crippen LogP contribution < -0.4 is 5.73 Å². The predicted molar refractivity (Wildman–Crippen MR) is 76.7 cm³/mol. The Kier molecular flexibility index (Phi) is 12.5. The van der Waals surface area contributed by atoms with Gasteiger partial charge in [0, 0.05) is 12.5 Å². The van der Waals surface area contributed by atoms with Crippen LogP contribution in [0.15, 0.2) is 0 Å². The smallest absolute Gasteiger partial charge is 0.303 e. The van der Waals surface area contributed by atoms with Gasteiger partial charge in [-0.3, -0.25) is 4.79 Å². The lowest BCUT2D eigenvalue weighted by Gasteiger charge is -2.10. The molecule has 3 heteroatoms. The number of hydrogen-bond acceptors (Lipinski definition) is 2. The second-order valence-corrected chi connectivity index (χ2v) is 5.31. The lowest BCUT2D eigenvalue weighted by atomic mass is 10.0. The van der Waals surface area contributed by atoms with Crippen LogP contribution >= 0.6 is 0 Å². The molecular formula is C15H31NO2. The number of aliphatic carboxylic acids is 1. The SMILES string of the molecule is CCCCCCC(N)CCCCCCCC(=O)O. The summed E-state index contributed by atoms with van der Waals surface area (Å²) in [5.41, 5.74) is 6.06. The maximum absolute atomic E-state index is 10.3. The van der Waals surface area contributed by atoms with Gasteiger partial charge in [0.1, 0.15) is 0 Å². The Labute approximate surface area is 112 Å². The molecular weight excluding hydrogens is 226 g/mol. The third-order valence-electron chi connectivity index (χ3n) is 3.39. The monoisotopic (exact) mass is 257 g/mol. The summed E-state index contributed by atoms with van der Waals surface area (Å²) in [7, 11) is 0. The van der Waals surface area contributed by atoms with Gasteiger partial charge in [0.2, 0.25) is 0 Å². The van der Waals surface area contributed by atoms with Gasteiger partial charge in [-0.2, -0.15) is 0 Å². The fourth-order valence-corrected chi connectivity index (χ4v) is 2.19. The number of carboxylic acid groups (broad SMARTS) is 1. The molecule has 0 aromatic heterocycles. The van der Waals surface area contributed by atoms with Gasteiger partial charge >= 0.3 is 5.97 Å². The molecule has 0 aliphatic carbocycles. The van der Waals surface area contributed by atoms with Gasteiger partial charge in [0.15, 0.2) is 0 Å². The van der Waals surface area contributed by atoms with Gasteiger partial charge in [0.25, 0.3) is 0 Å². The number of rotatable bonds is 13. The number of carbonyl (C=O) groups is 1. The minimum atomic E-state index is -0.677. The molecule has 0 radical (unpaired) electrons. The van der Waals surface area contributed by atoms with E-state index in [9.17, 15) is 4.79 Å². The first-order chi connectivity index (χ1) is 8.66. The highest BCUT2D eigenvalue weighted by atomic mass is 16.4. The van der Waals surface area contributed by atoms with Crippen LogP contribution in [0.2, 0.25) is 0 Å². The molecule has 0 saturated carbocycles. The molecule has 18 heavy (non-hydrogen) atoms. The van der Waals surface area contributed by atoms with Crippen LogP contribution in [-0.2, 0) is 4.79 Å². The van der Waals surface area contributed by atoms with E-state index in [4.69, 9.17) is 10.8 Å².